The Morgan fingerprint density at radius 3 is 2.48 bits per heavy atom. The number of amides is 1. The number of ether oxygens (including phenoxy) is 1. The summed E-state index contributed by atoms with van der Waals surface area (Å²) in [5.41, 5.74) is 4.51. The number of rotatable bonds is 3. The van der Waals surface area contributed by atoms with E-state index in [9.17, 15) is 4.79 Å². The summed E-state index contributed by atoms with van der Waals surface area (Å²) >= 11 is 0. The highest BCUT2D eigenvalue weighted by molar-refractivity contribution is 6.07. The van der Waals surface area contributed by atoms with Gasteiger partial charge in [0.1, 0.15) is 5.75 Å². The summed E-state index contributed by atoms with van der Waals surface area (Å²) in [7, 11) is 1.65. The van der Waals surface area contributed by atoms with Crippen molar-refractivity contribution in [1.29, 1.82) is 0 Å². The molecular formula is C23H22N2O2. The van der Waals surface area contributed by atoms with Gasteiger partial charge in [0, 0.05) is 24.0 Å². The van der Waals surface area contributed by atoms with Crippen molar-refractivity contribution in [2.45, 2.75) is 12.8 Å². The lowest BCUT2D eigenvalue weighted by Crippen LogP contribution is -2.36. The first-order valence-electron chi connectivity index (χ1n) is 9.16. The Balaban J connectivity index is 1.78. The van der Waals surface area contributed by atoms with E-state index < -0.39 is 0 Å². The first-order chi connectivity index (χ1) is 13.2. The number of pyridine rings is 1. The third-order valence-electron chi connectivity index (χ3n) is 5.09. The highest BCUT2D eigenvalue weighted by atomic mass is 16.5. The average Bonchev–Trinajstić information content (AvgIpc) is 2.73. The third-order valence-corrected chi connectivity index (χ3v) is 5.09. The van der Waals surface area contributed by atoms with Gasteiger partial charge in [-0.05, 0) is 49.2 Å². The quantitative estimate of drug-likeness (QED) is 0.637. The van der Waals surface area contributed by atoms with Crippen molar-refractivity contribution in [3.63, 3.8) is 0 Å². The Hall–Kier alpha value is -3.14. The molecule has 1 fully saturated rings. The maximum absolute atomic E-state index is 13.3. The molecule has 27 heavy (non-hydrogen) atoms. The summed E-state index contributed by atoms with van der Waals surface area (Å²) < 4.78 is 5.24. The Morgan fingerprint density at radius 2 is 1.78 bits per heavy atom. The average molecular weight is 358 g/mol. The summed E-state index contributed by atoms with van der Waals surface area (Å²) in [6, 6.07) is 17.5. The molecule has 4 nitrogen and oxygen atoms in total. The second-order valence-corrected chi connectivity index (χ2v) is 6.84. The molecule has 4 heteroatoms. The molecule has 0 aliphatic carbocycles. The van der Waals surface area contributed by atoms with E-state index in [1.165, 1.54) is 5.57 Å². The molecule has 136 valence electrons. The van der Waals surface area contributed by atoms with Crippen LogP contribution in [0.25, 0.3) is 22.2 Å². The maximum atomic E-state index is 13.3. The molecule has 0 N–H and O–H groups in total. The molecule has 0 unspecified atom stereocenters. The van der Waals surface area contributed by atoms with Crippen molar-refractivity contribution in [1.82, 2.24) is 9.88 Å². The van der Waals surface area contributed by atoms with Gasteiger partial charge < -0.3 is 9.64 Å². The maximum Gasteiger partial charge on any atom is 0.254 e. The minimum atomic E-state index is 0.0656. The lowest BCUT2D eigenvalue weighted by molar-refractivity contribution is 0.0746. The van der Waals surface area contributed by atoms with Gasteiger partial charge >= 0.3 is 0 Å². The van der Waals surface area contributed by atoms with Crippen LogP contribution in [0.2, 0.25) is 0 Å². The van der Waals surface area contributed by atoms with Crippen LogP contribution < -0.4 is 4.74 Å². The number of hydrogen-bond acceptors (Lipinski definition) is 3. The number of carbonyl (C=O) groups excluding carboxylic acids is 1. The van der Waals surface area contributed by atoms with E-state index in [2.05, 4.69) is 6.58 Å². The van der Waals surface area contributed by atoms with E-state index in [0.29, 0.717) is 5.56 Å². The van der Waals surface area contributed by atoms with Crippen LogP contribution in [-0.2, 0) is 0 Å². The zero-order valence-corrected chi connectivity index (χ0v) is 15.4. The number of para-hydroxylation sites is 1. The molecule has 1 aliphatic heterocycles. The summed E-state index contributed by atoms with van der Waals surface area (Å²) in [4.78, 5) is 20.0. The van der Waals surface area contributed by atoms with Gasteiger partial charge in [0.15, 0.2) is 0 Å². The molecule has 1 amide bonds. The fourth-order valence-corrected chi connectivity index (χ4v) is 3.46. The van der Waals surface area contributed by atoms with E-state index in [-0.39, 0.29) is 5.91 Å². The number of methoxy groups -OCH3 is 1. The van der Waals surface area contributed by atoms with E-state index in [1.807, 2.05) is 59.5 Å². The zero-order chi connectivity index (χ0) is 18.8. The molecule has 0 radical (unpaired) electrons. The fourth-order valence-electron chi connectivity index (χ4n) is 3.46. The number of benzene rings is 2. The lowest BCUT2D eigenvalue weighted by Gasteiger charge is -2.28. The molecule has 0 atom stereocenters. The van der Waals surface area contributed by atoms with Crippen LogP contribution in [0, 0.1) is 0 Å². The van der Waals surface area contributed by atoms with Crippen LogP contribution in [-0.4, -0.2) is 36.0 Å². The zero-order valence-electron chi connectivity index (χ0n) is 15.4. The van der Waals surface area contributed by atoms with Gasteiger partial charge in [-0.3, -0.25) is 4.79 Å². The van der Waals surface area contributed by atoms with Crippen molar-refractivity contribution in [3.05, 3.63) is 72.3 Å². The Bertz CT molecular complexity index is 999. The van der Waals surface area contributed by atoms with Gasteiger partial charge in [-0.15, -0.1) is 0 Å². The molecule has 1 aromatic heterocycles. The fraction of sp³-hybridized carbons (Fsp3) is 0.217. The van der Waals surface area contributed by atoms with Gasteiger partial charge in [-0.25, -0.2) is 4.98 Å². The summed E-state index contributed by atoms with van der Waals surface area (Å²) in [6.45, 7) is 5.50. The first kappa shape index (κ1) is 17.3. The second kappa shape index (κ2) is 7.23. The first-order valence-corrected chi connectivity index (χ1v) is 9.16. The van der Waals surface area contributed by atoms with Crippen molar-refractivity contribution < 1.29 is 9.53 Å². The lowest BCUT2D eigenvalue weighted by atomic mass is 10.0. The van der Waals surface area contributed by atoms with Gasteiger partial charge in [0.25, 0.3) is 5.91 Å². The van der Waals surface area contributed by atoms with Gasteiger partial charge in [-0.1, -0.05) is 30.4 Å². The molecule has 4 rings (SSSR count). The standard InChI is InChI=1S/C23H22N2O2/c1-16-11-13-25(14-12-16)23(26)20-15-22(17-7-9-18(27-2)10-8-17)24-21-6-4-3-5-19(20)21/h3-10,15H,1,11-14H2,2H3. The highest BCUT2D eigenvalue weighted by Crippen LogP contribution is 2.28. The van der Waals surface area contributed by atoms with Gasteiger partial charge in [0.05, 0.1) is 23.9 Å². The predicted octanol–water partition coefficient (Wildman–Crippen LogP) is 4.70. The molecule has 0 saturated carbocycles. The molecule has 0 bridgehead atoms. The molecule has 3 aromatic rings. The Morgan fingerprint density at radius 1 is 1.07 bits per heavy atom. The minimum Gasteiger partial charge on any atom is -0.497 e. The molecule has 2 aromatic carbocycles. The number of aromatic nitrogens is 1. The topological polar surface area (TPSA) is 42.4 Å². The highest BCUT2D eigenvalue weighted by Gasteiger charge is 2.22. The van der Waals surface area contributed by atoms with Crippen molar-refractivity contribution in [2.24, 2.45) is 0 Å². The van der Waals surface area contributed by atoms with Crippen LogP contribution in [0.4, 0.5) is 0 Å². The molecular weight excluding hydrogens is 336 g/mol. The molecule has 1 saturated heterocycles. The van der Waals surface area contributed by atoms with Crippen LogP contribution in [0.15, 0.2) is 66.7 Å². The molecule has 2 heterocycles. The second-order valence-electron chi connectivity index (χ2n) is 6.84. The van der Waals surface area contributed by atoms with E-state index in [0.717, 1.165) is 53.8 Å². The molecule has 1 aliphatic rings. The SMILES string of the molecule is C=C1CCN(C(=O)c2cc(-c3ccc(OC)cc3)nc3ccccc23)CC1. The van der Waals surface area contributed by atoms with Gasteiger partial charge in [-0.2, -0.15) is 0 Å². The smallest absolute Gasteiger partial charge is 0.254 e. The van der Waals surface area contributed by atoms with Crippen molar-refractivity contribution in [3.8, 4) is 17.0 Å². The van der Waals surface area contributed by atoms with E-state index >= 15 is 0 Å². The van der Waals surface area contributed by atoms with E-state index in [1.54, 1.807) is 7.11 Å². The largest absolute Gasteiger partial charge is 0.497 e. The minimum absolute atomic E-state index is 0.0656. The summed E-state index contributed by atoms with van der Waals surface area (Å²) in [6.07, 6.45) is 1.75. The van der Waals surface area contributed by atoms with Crippen molar-refractivity contribution >= 4 is 16.8 Å². The summed E-state index contributed by atoms with van der Waals surface area (Å²) in [5.74, 6) is 0.861. The van der Waals surface area contributed by atoms with E-state index in [4.69, 9.17) is 9.72 Å². The number of likely N-dealkylation sites (tertiary alicyclic amines) is 1. The van der Waals surface area contributed by atoms with Crippen LogP contribution >= 0.6 is 0 Å². The van der Waals surface area contributed by atoms with Crippen LogP contribution in [0.5, 0.6) is 5.75 Å². The predicted molar refractivity (Wildman–Crippen MR) is 108 cm³/mol. The number of nitrogens with zero attached hydrogens (tertiary/aromatic N) is 2. The Labute approximate surface area is 159 Å². The van der Waals surface area contributed by atoms with Crippen LogP contribution in [0.1, 0.15) is 23.2 Å². The number of fused-ring (bicyclic) bond motifs is 1. The number of hydrogen-bond donors (Lipinski definition) is 0. The monoisotopic (exact) mass is 358 g/mol. The number of piperidine rings is 1. The molecule has 0 spiro atoms. The van der Waals surface area contributed by atoms with Crippen LogP contribution in [0.3, 0.4) is 0 Å². The summed E-state index contributed by atoms with van der Waals surface area (Å²) in [5, 5.41) is 0.893. The third kappa shape index (κ3) is 3.43. The van der Waals surface area contributed by atoms with Crippen molar-refractivity contribution in [2.75, 3.05) is 20.2 Å². The number of carbonyl (C=O) groups is 1. The van der Waals surface area contributed by atoms with Gasteiger partial charge in [0.2, 0.25) is 0 Å². The normalized spacial score (nSPS) is 14.4. The Kier molecular flexibility index (Phi) is 4.63.